The maximum Gasteiger partial charge on any atom is 0.312 e. The van der Waals surface area contributed by atoms with Crippen LogP contribution in [0.25, 0.3) is 0 Å². The molecule has 0 radical (unpaired) electrons. The Morgan fingerprint density at radius 1 is 1.16 bits per heavy atom. The van der Waals surface area contributed by atoms with Crippen LogP contribution < -0.4 is 4.72 Å². The van der Waals surface area contributed by atoms with Gasteiger partial charge in [0, 0.05) is 11.4 Å². The van der Waals surface area contributed by atoms with E-state index in [1.165, 1.54) is 25.7 Å². The number of benzene rings is 1. The second kappa shape index (κ2) is 12.3. The second-order valence-corrected chi connectivity index (χ2v) is 12.5. The van der Waals surface area contributed by atoms with Crippen LogP contribution in [0.5, 0.6) is 0 Å². The molecule has 1 aliphatic carbocycles. The predicted molar refractivity (Wildman–Crippen MR) is 130 cm³/mol. The van der Waals surface area contributed by atoms with E-state index in [1.54, 1.807) is 0 Å². The first-order chi connectivity index (χ1) is 14.6. The van der Waals surface area contributed by atoms with Crippen LogP contribution in [0, 0.1) is 11.3 Å². The molecule has 4 nitrogen and oxygen atoms in total. The van der Waals surface area contributed by atoms with Gasteiger partial charge in [0.15, 0.2) is 0 Å². The van der Waals surface area contributed by atoms with Crippen molar-refractivity contribution in [3.8, 4) is 0 Å². The molecule has 2 unspecified atom stereocenters. The smallest absolute Gasteiger partial charge is 0.312 e. The lowest BCUT2D eigenvalue weighted by atomic mass is 9.74. The van der Waals surface area contributed by atoms with Crippen LogP contribution in [0.3, 0.4) is 0 Å². The highest BCUT2D eigenvalue weighted by molar-refractivity contribution is 7.90. The average molecular weight is 450 g/mol. The summed E-state index contributed by atoms with van der Waals surface area (Å²) in [5.74, 6) is 0.198. The Bertz CT molecular complexity index is 660. The molecule has 1 saturated carbocycles. The summed E-state index contributed by atoms with van der Waals surface area (Å²) in [4.78, 5) is 13.3. The molecule has 1 fully saturated rings. The minimum Gasteiger partial charge on any atom is -0.598 e. The number of rotatable bonds is 6. The Kier molecular flexibility index (Phi) is 10.4. The summed E-state index contributed by atoms with van der Waals surface area (Å²) in [6.45, 7) is 10.5. The summed E-state index contributed by atoms with van der Waals surface area (Å²) < 4.78 is 21.6. The molecule has 0 saturated heterocycles. The number of esters is 1. The zero-order chi connectivity index (χ0) is 22.9. The summed E-state index contributed by atoms with van der Waals surface area (Å²) >= 11 is -1.12. The van der Waals surface area contributed by atoms with Crippen LogP contribution in [0.15, 0.2) is 30.3 Å². The number of ether oxygens (including phenoxy) is 1. The molecule has 0 bridgehead atoms. The first kappa shape index (κ1) is 26.2. The van der Waals surface area contributed by atoms with Crippen LogP contribution >= 0.6 is 0 Å². The summed E-state index contributed by atoms with van der Waals surface area (Å²) in [7, 11) is 0. The number of carbonyl (C=O) groups is 1. The Hall–Kier alpha value is -1.04. The van der Waals surface area contributed by atoms with Crippen molar-refractivity contribution in [2.24, 2.45) is 11.3 Å². The molecule has 0 aromatic heterocycles. The molecule has 0 spiro atoms. The van der Waals surface area contributed by atoms with Crippen LogP contribution in [0.1, 0.15) is 98.0 Å². The first-order valence-electron chi connectivity index (χ1n) is 12.0. The molecule has 1 N–H and O–H groups in total. The number of carbonyl (C=O) groups excluding carboxylic acids is 1. The fourth-order valence-electron chi connectivity index (χ4n) is 4.36. The number of nitrogens with one attached hydrogen (secondary N) is 1. The second-order valence-electron chi connectivity index (χ2n) is 10.5. The lowest BCUT2D eigenvalue weighted by Crippen LogP contribution is -2.47. The van der Waals surface area contributed by atoms with Gasteiger partial charge in [-0.3, -0.25) is 4.79 Å². The van der Waals surface area contributed by atoms with E-state index in [4.69, 9.17) is 4.74 Å². The van der Waals surface area contributed by atoms with Crippen LogP contribution in [0.4, 0.5) is 0 Å². The number of hydrogen-bond donors (Lipinski definition) is 1. The van der Waals surface area contributed by atoms with E-state index in [2.05, 4.69) is 18.6 Å². The van der Waals surface area contributed by atoms with Gasteiger partial charge >= 0.3 is 5.97 Å². The third-order valence-corrected chi connectivity index (χ3v) is 8.23. The molecule has 5 heteroatoms. The van der Waals surface area contributed by atoms with E-state index in [9.17, 15) is 9.35 Å². The van der Waals surface area contributed by atoms with Gasteiger partial charge in [0.05, 0.1) is 11.5 Å². The normalized spacial score (nSPS) is 25.8. The van der Waals surface area contributed by atoms with E-state index in [-0.39, 0.29) is 16.8 Å². The quantitative estimate of drug-likeness (QED) is 0.408. The molecule has 2 rings (SSSR count). The summed E-state index contributed by atoms with van der Waals surface area (Å²) in [5, 5.41) is 0. The minimum atomic E-state index is -1.12. The van der Waals surface area contributed by atoms with Gasteiger partial charge in [-0.15, -0.1) is 4.72 Å². The Morgan fingerprint density at radius 2 is 1.77 bits per heavy atom. The zero-order valence-corrected chi connectivity index (χ0v) is 21.1. The van der Waals surface area contributed by atoms with Crippen molar-refractivity contribution < 1.29 is 14.1 Å². The highest BCUT2D eigenvalue weighted by Crippen LogP contribution is 2.38. The van der Waals surface area contributed by atoms with E-state index in [0.717, 1.165) is 37.7 Å². The number of hydrogen-bond acceptors (Lipinski definition) is 4. The molecular weight excluding hydrogens is 406 g/mol. The van der Waals surface area contributed by atoms with Crippen LogP contribution in [0.2, 0.25) is 0 Å². The molecule has 0 heterocycles. The predicted octanol–water partition coefficient (Wildman–Crippen LogP) is 6.32. The average Bonchev–Trinajstić information content (AvgIpc) is 2.76. The van der Waals surface area contributed by atoms with E-state index >= 15 is 0 Å². The maximum atomic E-state index is 13.3. The van der Waals surface area contributed by atoms with E-state index in [1.807, 2.05) is 51.1 Å². The van der Waals surface area contributed by atoms with Crippen LogP contribution in [-0.2, 0) is 27.5 Å². The van der Waals surface area contributed by atoms with Gasteiger partial charge in [-0.1, -0.05) is 68.9 Å². The molecule has 1 aliphatic rings. The van der Waals surface area contributed by atoms with Crippen molar-refractivity contribution in [1.82, 2.24) is 4.72 Å². The lowest BCUT2D eigenvalue weighted by Gasteiger charge is -2.35. The summed E-state index contributed by atoms with van der Waals surface area (Å²) in [6.07, 6.45) is 9.81. The molecule has 1 aromatic rings. The molecule has 1 aromatic carbocycles. The van der Waals surface area contributed by atoms with Crippen molar-refractivity contribution in [3.05, 3.63) is 35.9 Å². The topological polar surface area (TPSA) is 61.4 Å². The summed E-state index contributed by atoms with van der Waals surface area (Å²) in [6, 6.07) is 9.97. The third-order valence-electron chi connectivity index (χ3n) is 6.53. The molecule has 176 valence electrons. The zero-order valence-electron chi connectivity index (χ0n) is 20.2. The SMILES string of the molecule is C[C@@H](N[S@@+]([O-])C(C)(C)C)C1CCCCCCCCC(C)(C(=O)OCc2ccccc2)C1. The molecular formula is C26H43NO3S. The maximum absolute atomic E-state index is 13.3. The van der Waals surface area contributed by atoms with E-state index < -0.39 is 16.8 Å². The largest absolute Gasteiger partial charge is 0.598 e. The fraction of sp³-hybridized carbons (Fsp3) is 0.731. The van der Waals surface area contributed by atoms with E-state index in [0.29, 0.717) is 12.5 Å². The van der Waals surface area contributed by atoms with Crippen molar-refractivity contribution in [3.63, 3.8) is 0 Å². The van der Waals surface area contributed by atoms with Gasteiger partial charge in [-0.25, -0.2) is 0 Å². The van der Waals surface area contributed by atoms with Gasteiger partial charge in [-0.2, -0.15) is 0 Å². The Labute approximate surface area is 193 Å². The fourth-order valence-corrected chi connectivity index (χ4v) is 5.25. The monoisotopic (exact) mass is 449 g/mol. The van der Waals surface area contributed by atoms with Gasteiger partial charge in [-0.05, 0) is 65.4 Å². The third kappa shape index (κ3) is 8.78. The minimum absolute atomic E-state index is 0.0852. The van der Waals surface area contributed by atoms with Crippen molar-refractivity contribution in [1.29, 1.82) is 0 Å². The molecule has 4 atom stereocenters. The van der Waals surface area contributed by atoms with Crippen molar-refractivity contribution >= 4 is 17.3 Å². The van der Waals surface area contributed by atoms with Gasteiger partial charge in [0.2, 0.25) is 0 Å². The van der Waals surface area contributed by atoms with Gasteiger partial charge in [0.1, 0.15) is 11.4 Å². The van der Waals surface area contributed by atoms with Crippen LogP contribution in [-0.4, -0.2) is 21.3 Å². The first-order valence-corrected chi connectivity index (χ1v) is 13.2. The standard InChI is InChI=1S/C26H43NO3S/c1-21(27-31(29)25(2,3)4)23-17-13-8-6-7-9-14-18-26(5,19-23)24(28)30-20-22-15-11-10-12-16-22/h10-12,15-16,21,23,27H,6-9,13-14,17-20H2,1-5H3/t21-,23?,26?,31+/m1/s1. The lowest BCUT2D eigenvalue weighted by molar-refractivity contribution is -0.158. The highest BCUT2D eigenvalue weighted by atomic mass is 32.2. The molecule has 0 aliphatic heterocycles. The molecule has 0 amide bonds. The highest BCUT2D eigenvalue weighted by Gasteiger charge is 2.40. The molecule has 31 heavy (non-hydrogen) atoms. The van der Waals surface area contributed by atoms with Gasteiger partial charge in [0.25, 0.3) is 0 Å². The van der Waals surface area contributed by atoms with Crippen molar-refractivity contribution in [2.45, 2.75) is 110 Å². The Balaban J connectivity index is 2.13. The Morgan fingerprint density at radius 3 is 2.42 bits per heavy atom. The van der Waals surface area contributed by atoms with Gasteiger partial charge < -0.3 is 9.29 Å². The summed E-state index contributed by atoms with van der Waals surface area (Å²) in [5.41, 5.74) is 0.506. The van der Waals surface area contributed by atoms with Crippen molar-refractivity contribution in [2.75, 3.05) is 0 Å².